The van der Waals surface area contributed by atoms with E-state index in [9.17, 15) is 10.2 Å². The zero-order chi connectivity index (χ0) is 17.3. The molecule has 2 N–H and O–H groups in total. The summed E-state index contributed by atoms with van der Waals surface area (Å²) in [5, 5.41) is 21.5. The van der Waals surface area contributed by atoms with E-state index < -0.39 is 17.3 Å². The summed E-state index contributed by atoms with van der Waals surface area (Å²) >= 11 is 0. The number of hydrogen-bond donors (Lipinski definition) is 2. The van der Waals surface area contributed by atoms with Crippen molar-refractivity contribution in [2.24, 2.45) is 5.92 Å². The minimum atomic E-state index is -0.874. The highest BCUT2D eigenvalue weighted by Crippen LogP contribution is 2.39. The average molecular weight is 322 g/mol. The van der Waals surface area contributed by atoms with Crippen LogP contribution in [0.4, 0.5) is 0 Å². The standard InChI is InChI=1S/C20H34O3/c1-14(2)16-8-6-15(3)7-9-18-19(4,22)12-11-17(21)20(5,23-18)13-10-16/h6,8,14,17-18,21-22H,7,9-13H2,1-5H3/b15-6-,16-8+/t17-,18+,19-,20+/m0/s1. The minimum absolute atomic E-state index is 0.228. The first kappa shape index (κ1) is 18.7. The summed E-state index contributed by atoms with van der Waals surface area (Å²) in [6.07, 6.45) is 8.30. The Morgan fingerprint density at radius 1 is 1.13 bits per heavy atom. The van der Waals surface area contributed by atoms with Crippen LogP contribution in [0.1, 0.15) is 73.1 Å². The number of fused-ring (bicyclic) bond motifs is 2. The molecule has 4 atom stereocenters. The molecule has 2 heterocycles. The van der Waals surface area contributed by atoms with Crippen LogP contribution in [-0.4, -0.2) is 33.6 Å². The number of allylic oxidation sites excluding steroid dienone is 4. The van der Waals surface area contributed by atoms with Gasteiger partial charge in [0, 0.05) is 0 Å². The number of aliphatic hydroxyl groups excluding tert-OH is 1. The highest BCUT2D eigenvalue weighted by molar-refractivity contribution is 5.19. The molecule has 0 unspecified atom stereocenters. The van der Waals surface area contributed by atoms with Crippen molar-refractivity contribution >= 4 is 0 Å². The quantitative estimate of drug-likeness (QED) is 0.763. The Morgan fingerprint density at radius 3 is 2.48 bits per heavy atom. The van der Waals surface area contributed by atoms with E-state index in [1.165, 1.54) is 11.1 Å². The zero-order valence-electron chi connectivity index (χ0n) is 15.4. The lowest BCUT2D eigenvalue weighted by Gasteiger charge is -2.38. The summed E-state index contributed by atoms with van der Waals surface area (Å²) in [5.41, 5.74) is 1.26. The van der Waals surface area contributed by atoms with E-state index in [-0.39, 0.29) is 6.10 Å². The normalized spacial score (nSPS) is 44.5. The van der Waals surface area contributed by atoms with E-state index in [2.05, 4.69) is 32.9 Å². The molecule has 2 aliphatic heterocycles. The van der Waals surface area contributed by atoms with Gasteiger partial charge < -0.3 is 14.9 Å². The highest BCUT2D eigenvalue weighted by atomic mass is 16.5. The van der Waals surface area contributed by atoms with Gasteiger partial charge in [0.1, 0.15) is 0 Å². The second kappa shape index (κ2) is 7.08. The Bertz CT molecular complexity index is 475. The summed E-state index contributed by atoms with van der Waals surface area (Å²) < 4.78 is 6.38. The molecule has 3 nitrogen and oxygen atoms in total. The van der Waals surface area contributed by atoms with Gasteiger partial charge in [-0.25, -0.2) is 0 Å². The van der Waals surface area contributed by atoms with Gasteiger partial charge in [-0.15, -0.1) is 0 Å². The monoisotopic (exact) mass is 322 g/mol. The van der Waals surface area contributed by atoms with Crippen molar-refractivity contribution in [3.8, 4) is 0 Å². The second-order valence-electron chi connectivity index (χ2n) is 8.28. The van der Waals surface area contributed by atoms with Crippen molar-refractivity contribution in [2.75, 3.05) is 0 Å². The molecule has 0 aromatic heterocycles. The lowest BCUT2D eigenvalue weighted by Crippen LogP contribution is -2.47. The van der Waals surface area contributed by atoms with Crippen LogP contribution in [-0.2, 0) is 4.74 Å². The van der Waals surface area contributed by atoms with Crippen molar-refractivity contribution in [1.29, 1.82) is 0 Å². The summed E-state index contributed by atoms with van der Waals surface area (Å²) in [7, 11) is 0. The third-order valence-electron chi connectivity index (χ3n) is 5.77. The molecule has 2 rings (SSSR count). The third kappa shape index (κ3) is 4.46. The van der Waals surface area contributed by atoms with Gasteiger partial charge in [0.15, 0.2) is 0 Å². The molecule has 0 radical (unpaired) electrons. The summed E-state index contributed by atoms with van der Waals surface area (Å²) in [4.78, 5) is 0. The maximum Gasteiger partial charge on any atom is 0.0920 e. The molecular formula is C20H34O3. The number of hydrogen-bond acceptors (Lipinski definition) is 3. The number of rotatable bonds is 1. The molecule has 2 bridgehead atoms. The Balaban J connectivity index is 2.34. The van der Waals surface area contributed by atoms with Crippen LogP contribution >= 0.6 is 0 Å². The van der Waals surface area contributed by atoms with Gasteiger partial charge in [-0.1, -0.05) is 37.1 Å². The molecule has 2 aliphatic rings. The van der Waals surface area contributed by atoms with E-state index in [0.29, 0.717) is 18.8 Å². The first-order valence-corrected chi connectivity index (χ1v) is 9.08. The summed E-state index contributed by atoms with van der Waals surface area (Å²) in [5.74, 6) is 0.491. The molecule has 0 saturated carbocycles. The zero-order valence-corrected chi connectivity index (χ0v) is 15.4. The Kier molecular flexibility index (Phi) is 5.76. The van der Waals surface area contributed by atoms with Crippen LogP contribution in [0.15, 0.2) is 23.3 Å². The third-order valence-corrected chi connectivity index (χ3v) is 5.77. The molecule has 0 aromatic rings. The SMILES string of the molecule is C/C1=C/C=C(/C(C)C)CC[C@@]2(C)O[C@H](CC1)[C@@](C)(O)CC[C@@H]2O. The maximum absolute atomic E-state index is 10.8. The number of aliphatic hydroxyl groups is 2. The van der Waals surface area contributed by atoms with Crippen molar-refractivity contribution in [1.82, 2.24) is 0 Å². The van der Waals surface area contributed by atoms with Gasteiger partial charge in [-0.05, 0) is 65.2 Å². The van der Waals surface area contributed by atoms with E-state index in [0.717, 1.165) is 25.7 Å². The topological polar surface area (TPSA) is 49.7 Å². The Morgan fingerprint density at radius 2 is 1.83 bits per heavy atom. The van der Waals surface area contributed by atoms with Gasteiger partial charge in [-0.2, -0.15) is 0 Å². The molecular weight excluding hydrogens is 288 g/mol. The molecule has 23 heavy (non-hydrogen) atoms. The second-order valence-corrected chi connectivity index (χ2v) is 8.28. The van der Waals surface area contributed by atoms with Crippen LogP contribution in [0, 0.1) is 5.92 Å². The van der Waals surface area contributed by atoms with E-state index in [1.54, 1.807) is 0 Å². The van der Waals surface area contributed by atoms with Gasteiger partial charge in [0.25, 0.3) is 0 Å². The predicted molar refractivity (Wildman–Crippen MR) is 94.3 cm³/mol. The fraction of sp³-hybridized carbons (Fsp3) is 0.800. The van der Waals surface area contributed by atoms with Crippen molar-refractivity contribution in [2.45, 2.75) is 96.6 Å². The first-order chi connectivity index (χ1) is 10.6. The lowest BCUT2D eigenvalue weighted by atomic mass is 9.85. The van der Waals surface area contributed by atoms with Crippen LogP contribution in [0.5, 0.6) is 0 Å². The van der Waals surface area contributed by atoms with Crippen molar-refractivity contribution < 1.29 is 14.9 Å². The van der Waals surface area contributed by atoms with Gasteiger partial charge in [-0.3, -0.25) is 0 Å². The maximum atomic E-state index is 10.8. The molecule has 0 amide bonds. The fourth-order valence-corrected chi connectivity index (χ4v) is 3.67. The van der Waals surface area contributed by atoms with Crippen LogP contribution in [0.2, 0.25) is 0 Å². The number of ether oxygens (including phenoxy) is 1. The van der Waals surface area contributed by atoms with Gasteiger partial charge in [0.05, 0.1) is 23.4 Å². The molecule has 1 fully saturated rings. The Labute approximate surface area is 141 Å². The highest BCUT2D eigenvalue weighted by Gasteiger charge is 2.46. The smallest absolute Gasteiger partial charge is 0.0920 e. The van der Waals surface area contributed by atoms with Crippen LogP contribution in [0.25, 0.3) is 0 Å². The van der Waals surface area contributed by atoms with Gasteiger partial charge in [0.2, 0.25) is 0 Å². The fourth-order valence-electron chi connectivity index (χ4n) is 3.67. The summed E-state index contributed by atoms with van der Waals surface area (Å²) in [6, 6.07) is 0. The molecule has 1 saturated heterocycles. The Hall–Kier alpha value is -0.640. The average Bonchev–Trinajstić information content (AvgIpc) is 2.56. The van der Waals surface area contributed by atoms with Crippen molar-refractivity contribution in [3.63, 3.8) is 0 Å². The van der Waals surface area contributed by atoms with E-state index in [4.69, 9.17) is 4.74 Å². The summed E-state index contributed by atoms with van der Waals surface area (Å²) in [6.45, 7) is 10.4. The minimum Gasteiger partial charge on any atom is -0.390 e. The van der Waals surface area contributed by atoms with Gasteiger partial charge >= 0.3 is 0 Å². The molecule has 0 aliphatic carbocycles. The molecule has 132 valence electrons. The molecule has 0 spiro atoms. The molecule has 0 aromatic carbocycles. The van der Waals surface area contributed by atoms with E-state index in [1.807, 2.05) is 13.8 Å². The predicted octanol–water partition coefficient (Wildman–Crippen LogP) is 4.14. The van der Waals surface area contributed by atoms with Crippen molar-refractivity contribution in [3.05, 3.63) is 23.3 Å². The lowest BCUT2D eigenvalue weighted by molar-refractivity contribution is -0.180. The van der Waals surface area contributed by atoms with Crippen LogP contribution in [0.3, 0.4) is 0 Å². The van der Waals surface area contributed by atoms with Crippen LogP contribution < -0.4 is 0 Å². The van der Waals surface area contributed by atoms with E-state index >= 15 is 0 Å². The first-order valence-electron chi connectivity index (χ1n) is 9.08. The largest absolute Gasteiger partial charge is 0.390 e. The molecule has 3 heteroatoms.